The lowest BCUT2D eigenvalue weighted by atomic mass is 10.0. The fraction of sp³-hybridized carbons (Fsp3) is 0.200. The van der Waals surface area contributed by atoms with Crippen LogP contribution in [0.2, 0.25) is 0 Å². The van der Waals surface area contributed by atoms with E-state index in [1.807, 2.05) is 0 Å². The van der Waals surface area contributed by atoms with E-state index >= 15 is 0 Å². The number of phenols is 1. The normalized spacial score (nSPS) is 10.1. The molecular formula is C10H7F2NO2. The van der Waals surface area contributed by atoms with Gasteiger partial charge in [-0.05, 0) is 19.1 Å². The van der Waals surface area contributed by atoms with Crippen LogP contribution in [0, 0.1) is 11.3 Å². The van der Waals surface area contributed by atoms with Crippen molar-refractivity contribution in [1.82, 2.24) is 0 Å². The molecule has 0 spiro atoms. The maximum atomic E-state index is 12.4. The number of hydrogen-bond donors (Lipinski definition) is 1. The number of nitriles is 1. The van der Waals surface area contributed by atoms with Crippen molar-refractivity contribution < 1.29 is 18.7 Å². The van der Waals surface area contributed by atoms with Gasteiger partial charge in [-0.1, -0.05) is 0 Å². The maximum absolute atomic E-state index is 12.4. The molecule has 0 aliphatic heterocycles. The molecule has 0 bridgehead atoms. The largest absolute Gasteiger partial charge is 0.507 e. The fourth-order valence-corrected chi connectivity index (χ4v) is 1.16. The Balaban J connectivity index is 3.44. The van der Waals surface area contributed by atoms with Gasteiger partial charge < -0.3 is 5.11 Å². The number of phenolic OH excluding ortho intramolecular Hbond substituents is 1. The Kier molecular flexibility index (Phi) is 3.00. The number of rotatable bonds is 2. The summed E-state index contributed by atoms with van der Waals surface area (Å²) < 4.78 is 24.8. The standard InChI is InChI=1S/C10H7F2NO2/c1-5(14)7-2-6(4-13)8(10(11)12)3-9(7)15/h2-3,10,15H,1H3. The third kappa shape index (κ3) is 2.10. The zero-order chi connectivity index (χ0) is 11.6. The predicted octanol–water partition coefficient (Wildman–Crippen LogP) is 2.40. The number of aromatic hydroxyl groups is 1. The van der Waals surface area contributed by atoms with Crippen LogP contribution in [0.3, 0.4) is 0 Å². The molecule has 1 rings (SSSR count). The number of alkyl halides is 2. The molecule has 0 atom stereocenters. The third-order valence-electron chi connectivity index (χ3n) is 1.90. The second-order valence-electron chi connectivity index (χ2n) is 2.93. The zero-order valence-corrected chi connectivity index (χ0v) is 7.79. The molecule has 1 N–H and O–H groups in total. The maximum Gasteiger partial charge on any atom is 0.265 e. The van der Waals surface area contributed by atoms with Crippen molar-refractivity contribution in [3.05, 3.63) is 28.8 Å². The molecule has 0 saturated carbocycles. The van der Waals surface area contributed by atoms with E-state index < -0.39 is 23.5 Å². The molecule has 1 aromatic rings. The van der Waals surface area contributed by atoms with E-state index in [-0.39, 0.29) is 11.1 Å². The van der Waals surface area contributed by atoms with E-state index in [9.17, 15) is 18.7 Å². The average molecular weight is 211 g/mol. The number of carbonyl (C=O) groups is 1. The Labute approximate surface area is 84.6 Å². The molecule has 5 heteroatoms. The lowest BCUT2D eigenvalue weighted by Crippen LogP contribution is -1.98. The smallest absolute Gasteiger partial charge is 0.265 e. The molecule has 1 aromatic carbocycles. The van der Waals surface area contributed by atoms with Crippen LogP contribution in [0.1, 0.15) is 34.8 Å². The Morgan fingerprint density at radius 2 is 2.13 bits per heavy atom. The van der Waals surface area contributed by atoms with Crippen molar-refractivity contribution in [3.63, 3.8) is 0 Å². The van der Waals surface area contributed by atoms with E-state index in [0.29, 0.717) is 0 Å². The van der Waals surface area contributed by atoms with Crippen LogP contribution in [0.4, 0.5) is 8.78 Å². The van der Waals surface area contributed by atoms with Gasteiger partial charge in [-0.2, -0.15) is 5.26 Å². The highest BCUT2D eigenvalue weighted by Gasteiger charge is 2.18. The minimum atomic E-state index is -2.86. The highest BCUT2D eigenvalue weighted by Crippen LogP contribution is 2.29. The van der Waals surface area contributed by atoms with E-state index in [2.05, 4.69) is 0 Å². The first-order valence-electron chi connectivity index (χ1n) is 4.03. The van der Waals surface area contributed by atoms with Gasteiger partial charge >= 0.3 is 0 Å². The number of carbonyl (C=O) groups excluding carboxylic acids is 1. The van der Waals surface area contributed by atoms with E-state index in [4.69, 9.17) is 5.26 Å². The first-order chi connectivity index (χ1) is 6.97. The summed E-state index contributed by atoms with van der Waals surface area (Å²) in [6.45, 7) is 1.18. The monoisotopic (exact) mass is 211 g/mol. The summed E-state index contributed by atoms with van der Waals surface area (Å²) >= 11 is 0. The minimum absolute atomic E-state index is 0.129. The molecule has 78 valence electrons. The summed E-state index contributed by atoms with van der Waals surface area (Å²) in [5.41, 5.74) is -0.996. The number of hydrogen-bond acceptors (Lipinski definition) is 3. The molecule has 0 fully saturated rings. The quantitative estimate of drug-likeness (QED) is 0.764. The number of benzene rings is 1. The van der Waals surface area contributed by atoms with E-state index in [1.54, 1.807) is 6.07 Å². The summed E-state index contributed by atoms with van der Waals surface area (Å²) in [4.78, 5) is 11.0. The van der Waals surface area contributed by atoms with Crippen LogP contribution in [0.5, 0.6) is 5.75 Å². The number of ketones is 1. The van der Waals surface area contributed by atoms with Crippen molar-refractivity contribution in [2.75, 3.05) is 0 Å². The van der Waals surface area contributed by atoms with Gasteiger partial charge in [0.1, 0.15) is 5.75 Å². The Bertz CT molecular complexity index is 449. The topological polar surface area (TPSA) is 61.1 Å². The molecule has 0 heterocycles. The van der Waals surface area contributed by atoms with E-state index in [0.717, 1.165) is 12.1 Å². The highest BCUT2D eigenvalue weighted by molar-refractivity contribution is 5.97. The first kappa shape index (κ1) is 11.1. The molecule has 0 aromatic heterocycles. The van der Waals surface area contributed by atoms with Crippen LogP contribution in [-0.4, -0.2) is 10.9 Å². The van der Waals surface area contributed by atoms with Gasteiger partial charge in [0.2, 0.25) is 0 Å². The summed E-state index contributed by atoms with van der Waals surface area (Å²) in [6.07, 6.45) is -2.86. The van der Waals surface area contributed by atoms with Gasteiger partial charge in [0, 0.05) is 5.56 Å². The van der Waals surface area contributed by atoms with Crippen LogP contribution < -0.4 is 0 Å². The zero-order valence-electron chi connectivity index (χ0n) is 7.79. The average Bonchev–Trinajstić information content (AvgIpc) is 2.16. The minimum Gasteiger partial charge on any atom is -0.507 e. The van der Waals surface area contributed by atoms with Crippen LogP contribution in [-0.2, 0) is 0 Å². The fourth-order valence-electron chi connectivity index (χ4n) is 1.16. The highest BCUT2D eigenvalue weighted by atomic mass is 19.3. The van der Waals surface area contributed by atoms with Crippen molar-refractivity contribution in [2.45, 2.75) is 13.3 Å². The number of Topliss-reactive ketones (excluding diaryl/α,β-unsaturated/α-hetero) is 1. The van der Waals surface area contributed by atoms with Gasteiger partial charge in [0.05, 0.1) is 17.2 Å². The van der Waals surface area contributed by atoms with Gasteiger partial charge in [-0.3, -0.25) is 4.79 Å². The van der Waals surface area contributed by atoms with Crippen LogP contribution >= 0.6 is 0 Å². The molecular weight excluding hydrogens is 204 g/mol. The predicted molar refractivity (Wildman–Crippen MR) is 47.8 cm³/mol. The third-order valence-corrected chi connectivity index (χ3v) is 1.90. The summed E-state index contributed by atoms with van der Waals surface area (Å²) in [5, 5.41) is 17.9. The van der Waals surface area contributed by atoms with Crippen molar-refractivity contribution in [2.24, 2.45) is 0 Å². The Hall–Kier alpha value is -1.96. The van der Waals surface area contributed by atoms with E-state index in [1.165, 1.54) is 6.92 Å². The lowest BCUT2D eigenvalue weighted by molar-refractivity contribution is 0.101. The number of nitrogens with zero attached hydrogens (tertiary/aromatic N) is 1. The molecule has 0 aliphatic carbocycles. The molecule has 0 aliphatic rings. The van der Waals surface area contributed by atoms with Gasteiger partial charge in [-0.15, -0.1) is 0 Å². The molecule has 3 nitrogen and oxygen atoms in total. The second kappa shape index (κ2) is 4.05. The SMILES string of the molecule is CC(=O)c1cc(C#N)c(C(F)F)cc1O. The summed E-state index contributed by atoms with van der Waals surface area (Å²) in [6, 6.07) is 3.28. The Morgan fingerprint density at radius 1 is 1.53 bits per heavy atom. The molecule has 0 unspecified atom stereocenters. The van der Waals surface area contributed by atoms with Gasteiger partial charge in [0.25, 0.3) is 6.43 Å². The second-order valence-corrected chi connectivity index (χ2v) is 2.93. The number of halogens is 2. The molecule has 15 heavy (non-hydrogen) atoms. The summed E-state index contributed by atoms with van der Waals surface area (Å²) in [7, 11) is 0. The van der Waals surface area contributed by atoms with Crippen molar-refractivity contribution >= 4 is 5.78 Å². The van der Waals surface area contributed by atoms with Gasteiger partial charge in [0.15, 0.2) is 5.78 Å². The Morgan fingerprint density at radius 3 is 2.53 bits per heavy atom. The summed E-state index contributed by atoms with van der Waals surface area (Å²) in [5.74, 6) is -1.01. The van der Waals surface area contributed by atoms with Gasteiger partial charge in [-0.25, -0.2) is 8.78 Å². The first-order valence-corrected chi connectivity index (χ1v) is 4.03. The van der Waals surface area contributed by atoms with Crippen LogP contribution in [0.15, 0.2) is 12.1 Å². The van der Waals surface area contributed by atoms with Crippen LogP contribution in [0.25, 0.3) is 0 Å². The molecule has 0 saturated heterocycles. The molecule has 0 amide bonds. The molecule has 0 radical (unpaired) electrons. The van der Waals surface area contributed by atoms with Crippen molar-refractivity contribution in [1.29, 1.82) is 5.26 Å². The van der Waals surface area contributed by atoms with Crippen molar-refractivity contribution in [3.8, 4) is 11.8 Å². The lowest BCUT2D eigenvalue weighted by Gasteiger charge is -2.06.